The molecule has 0 saturated carbocycles. The van der Waals surface area contributed by atoms with E-state index in [0.29, 0.717) is 31.3 Å². The largest absolute Gasteiger partial charge is 0.387 e. The first-order valence-corrected chi connectivity index (χ1v) is 9.85. The molecule has 1 atom stereocenters. The van der Waals surface area contributed by atoms with Gasteiger partial charge in [-0.25, -0.2) is 4.98 Å². The third-order valence-electron chi connectivity index (χ3n) is 5.39. The van der Waals surface area contributed by atoms with Crippen LogP contribution in [0.4, 0.5) is 5.95 Å². The summed E-state index contributed by atoms with van der Waals surface area (Å²) in [6.07, 6.45) is 2.72. The number of hydrogen-bond donors (Lipinski definition) is 1. The van der Waals surface area contributed by atoms with Crippen LogP contribution in [0.5, 0.6) is 0 Å². The van der Waals surface area contributed by atoms with Gasteiger partial charge in [0.2, 0.25) is 5.95 Å². The topological polar surface area (TPSA) is 71.2 Å². The Morgan fingerprint density at radius 1 is 1.14 bits per heavy atom. The Hall–Kier alpha value is -2.99. The average Bonchev–Trinajstić information content (AvgIpc) is 2.69. The molecule has 6 nitrogen and oxygen atoms in total. The van der Waals surface area contributed by atoms with E-state index in [-0.39, 0.29) is 11.0 Å². The van der Waals surface area contributed by atoms with E-state index in [1.54, 1.807) is 23.0 Å². The molecule has 0 saturated heterocycles. The second-order valence-electron chi connectivity index (χ2n) is 8.52. The summed E-state index contributed by atoms with van der Waals surface area (Å²) in [5.74, 6) is 0.608. The van der Waals surface area contributed by atoms with Crippen molar-refractivity contribution in [3.8, 4) is 11.3 Å². The first-order chi connectivity index (χ1) is 13.8. The lowest BCUT2D eigenvalue weighted by atomic mass is 9.90. The number of hydrogen-bond acceptors (Lipinski definition) is 5. The van der Waals surface area contributed by atoms with E-state index < -0.39 is 6.10 Å². The van der Waals surface area contributed by atoms with Crippen molar-refractivity contribution in [2.75, 3.05) is 18.0 Å². The Bertz CT molecular complexity index is 1080. The molecule has 1 aliphatic heterocycles. The van der Waals surface area contributed by atoms with Gasteiger partial charge in [-0.3, -0.25) is 14.3 Å². The van der Waals surface area contributed by atoms with Gasteiger partial charge in [-0.05, 0) is 30.2 Å². The fourth-order valence-corrected chi connectivity index (χ4v) is 4.03. The first kappa shape index (κ1) is 19.3. The van der Waals surface area contributed by atoms with Crippen LogP contribution < -0.4 is 10.5 Å². The quantitative estimate of drug-likeness (QED) is 0.741. The van der Waals surface area contributed by atoms with Gasteiger partial charge in [0.05, 0.1) is 18.3 Å². The molecule has 3 aromatic rings. The van der Waals surface area contributed by atoms with E-state index in [4.69, 9.17) is 4.98 Å². The van der Waals surface area contributed by atoms with Crippen LogP contribution in [0.1, 0.15) is 31.1 Å². The van der Waals surface area contributed by atoms with Crippen LogP contribution in [0.25, 0.3) is 11.3 Å². The van der Waals surface area contributed by atoms with E-state index in [2.05, 4.69) is 18.8 Å². The van der Waals surface area contributed by atoms with Gasteiger partial charge in [0.25, 0.3) is 5.56 Å². The first-order valence-electron chi connectivity index (χ1n) is 9.85. The average molecular weight is 390 g/mol. The molecule has 6 heteroatoms. The summed E-state index contributed by atoms with van der Waals surface area (Å²) >= 11 is 0. The molecule has 29 heavy (non-hydrogen) atoms. The van der Waals surface area contributed by atoms with E-state index in [1.165, 1.54) is 0 Å². The minimum atomic E-state index is -0.667. The molecule has 0 aliphatic carbocycles. The number of nitrogens with zero attached hydrogens (tertiary/aromatic N) is 4. The monoisotopic (exact) mass is 390 g/mol. The predicted octanol–water partition coefficient (Wildman–Crippen LogP) is 3.19. The van der Waals surface area contributed by atoms with E-state index >= 15 is 0 Å². The molecule has 1 N–H and O–H groups in total. The number of pyridine rings is 1. The molecule has 4 rings (SSSR count). The van der Waals surface area contributed by atoms with Crippen LogP contribution >= 0.6 is 0 Å². The smallest absolute Gasteiger partial charge is 0.255 e. The summed E-state index contributed by atoms with van der Waals surface area (Å²) in [6.45, 7) is 7.94. The summed E-state index contributed by atoms with van der Waals surface area (Å²) in [4.78, 5) is 23.8. The Balaban J connectivity index is 1.75. The Labute approximate surface area is 170 Å². The number of β-amino-alcohol motifs (C(OH)–C–C–N with tert-alkyl or cyclic N) is 1. The molecular formula is C23H26N4O2. The van der Waals surface area contributed by atoms with Crippen molar-refractivity contribution in [1.29, 1.82) is 0 Å². The Kier molecular flexibility index (Phi) is 4.96. The zero-order valence-electron chi connectivity index (χ0n) is 17.0. The summed E-state index contributed by atoms with van der Waals surface area (Å²) in [7, 11) is 0. The molecule has 0 fully saturated rings. The highest BCUT2D eigenvalue weighted by Crippen LogP contribution is 2.32. The molecule has 0 bridgehead atoms. The molecular weight excluding hydrogens is 364 g/mol. The molecule has 1 aromatic carbocycles. The fourth-order valence-electron chi connectivity index (χ4n) is 4.03. The van der Waals surface area contributed by atoms with Gasteiger partial charge in [-0.2, -0.15) is 0 Å². The minimum Gasteiger partial charge on any atom is -0.387 e. The van der Waals surface area contributed by atoms with Crippen molar-refractivity contribution in [3.05, 3.63) is 76.3 Å². The highest BCUT2D eigenvalue weighted by atomic mass is 16.3. The Morgan fingerprint density at radius 3 is 2.59 bits per heavy atom. The maximum absolute atomic E-state index is 12.9. The van der Waals surface area contributed by atoms with Gasteiger partial charge in [0, 0.05) is 42.5 Å². The zero-order chi connectivity index (χ0) is 20.6. The second kappa shape index (κ2) is 7.44. The maximum atomic E-state index is 12.9. The molecule has 3 heterocycles. The van der Waals surface area contributed by atoms with E-state index in [1.807, 2.05) is 48.2 Å². The second-order valence-corrected chi connectivity index (χ2v) is 8.52. The van der Waals surface area contributed by atoms with Crippen molar-refractivity contribution in [2.24, 2.45) is 5.41 Å². The van der Waals surface area contributed by atoms with Gasteiger partial charge in [-0.15, -0.1) is 0 Å². The highest BCUT2D eigenvalue weighted by molar-refractivity contribution is 5.59. The van der Waals surface area contributed by atoms with Gasteiger partial charge >= 0.3 is 0 Å². The van der Waals surface area contributed by atoms with Gasteiger partial charge < -0.3 is 10.0 Å². The molecule has 0 spiro atoms. The number of anilines is 1. The molecule has 1 aliphatic rings. The van der Waals surface area contributed by atoms with Crippen molar-refractivity contribution >= 4 is 5.95 Å². The number of benzene rings is 1. The minimum absolute atomic E-state index is 0.0787. The summed E-state index contributed by atoms with van der Waals surface area (Å²) < 4.78 is 1.72. The van der Waals surface area contributed by atoms with Gasteiger partial charge in [0.15, 0.2) is 0 Å². The molecule has 2 aromatic heterocycles. The van der Waals surface area contributed by atoms with Crippen molar-refractivity contribution < 1.29 is 5.11 Å². The number of aromatic nitrogens is 3. The molecule has 150 valence electrons. The third-order valence-corrected chi connectivity index (χ3v) is 5.39. The van der Waals surface area contributed by atoms with E-state index in [0.717, 1.165) is 16.7 Å². The van der Waals surface area contributed by atoms with Gasteiger partial charge in [-0.1, -0.05) is 38.1 Å². The summed E-state index contributed by atoms with van der Waals surface area (Å²) in [6, 6.07) is 13.1. The molecule has 1 unspecified atom stereocenters. The molecule has 0 radical (unpaired) electrons. The maximum Gasteiger partial charge on any atom is 0.255 e. The Morgan fingerprint density at radius 2 is 1.86 bits per heavy atom. The zero-order valence-corrected chi connectivity index (χ0v) is 17.0. The number of aryl methyl sites for hydroxylation is 1. The lowest BCUT2D eigenvalue weighted by molar-refractivity contribution is 0.171. The third kappa shape index (κ3) is 3.93. The van der Waals surface area contributed by atoms with Crippen molar-refractivity contribution in [1.82, 2.24) is 14.5 Å². The number of rotatable bonds is 4. The van der Waals surface area contributed by atoms with Crippen LogP contribution in [0.2, 0.25) is 0 Å². The van der Waals surface area contributed by atoms with Crippen LogP contribution in [0, 0.1) is 12.3 Å². The molecule has 0 amide bonds. The van der Waals surface area contributed by atoms with Crippen LogP contribution in [0.3, 0.4) is 0 Å². The highest BCUT2D eigenvalue weighted by Gasteiger charge is 2.33. The fraction of sp³-hybridized carbons (Fsp3) is 0.348. The lowest BCUT2D eigenvalue weighted by Gasteiger charge is -2.41. The summed E-state index contributed by atoms with van der Waals surface area (Å²) in [5.41, 5.74) is 3.23. The van der Waals surface area contributed by atoms with Crippen molar-refractivity contribution in [2.45, 2.75) is 33.4 Å². The SMILES string of the molecule is Cc1ccccc1C(O)CN1CC(C)(C)Cn2c1nc(-c1ccncc1)cc2=O. The lowest BCUT2D eigenvalue weighted by Crippen LogP contribution is -2.48. The van der Waals surface area contributed by atoms with Crippen LogP contribution in [0.15, 0.2) is 59.7 Å². The number of aliphatic hydroxyl groups excluding tert-OH is 1. The standard InChI is InChI=1S/C23H26N4O2/c1-16-6-4-5-7-18(16)20(28)13-26-14-23(2,3)15-27-21(29)12-19(25-22(26)27)17-8-10-24-11-9-17/h4-12,20,28H,13-15H2,1-3H3. The van der Waals surface area contributed by atoms with Crippen molar-refractivity contribution in [3.63, 3.8) is 0 Å². The number of aliphatic hydroxyl groups is 1. The predicted molar refractivity (Wildman–Crippen MR) is 114 cm³/mol. The van der Waals surface area contributed by atoms with Crippen LogP contribution in [-0.4, -0.2) is 32.7 Å². The van der Waals surface area contributed by atoms with Crippen LogP contribution in [-0.2, 0) is 6.54 Å². The normalized spacial score (nSPS) is 16.3. The summed E-state index contributed by atoms with van der Waals surface area (Å²) in [5, 5.41) is 10.9. The number of fused-ring (bicyclic) bond motifs is 1. The van der Waals surface area contributed by atoms with E-state index in [9.17, 15) is 9.90 Å². The van der Waals surface area contributed by atoms with Gasteiger partial charge in [0.1, 0.15) is 0 Å².